The summed E-state index contributed by atoms with van der Waals surface area (Å²) in [6.07, 6.45) is 0.487. The van der Waals surface area contributed by atoms with Crippen LogP contribution < -0.4 is 0 Å². The molecule has 0 fully saturated rings. The van der Waals surface area contributed by atoms with Crippen LogP contribution in [0.1, 0.15) is 6.92 Å². The summed E-state index contributed by atoms with van der Waals surface area (Å²) in [7, 11) is 0. The van der Waals surface area contributed by atoms with Crippen molar-refractivity contribution in [1.82, 2.24) is 0 Å². The van der Waals surface area contributed by atoms with E-state index in [-0.39, 0.29) is 18.0 Å². The van der Waals surface area contributed by atoms with Crippen LogP contribution in [0.25, 0.3) is 0 Å². The summed E-state index contributed by atoms with van der Waals surface area (Å²) in [6, 6.07) is 5.36. The van der Waals surface area contributed by atoms with Gasteiger partial charge >= 0.3 is 5.97 Å². The van der Waals surface area contributed by atoms with Crippen molar-refractivity contribution in [3.63, 3.8) is 0 Å². The van der Waals surface area contributed by atoms with Crippen LogP contribution in [0.2, 0.25) is 0 Å². The first-order valence-electron chi connectivity index (χ1n) is 4.86. The third kappa shape index (κ3) is 4.02. The molecule has 0 spiro atoms. The van der Waals surface area contributed by atoms with Crippen LogP contribution in [0.15, 0.2) is 46.5 Å². The number of hydrogen-bond donors (Lipinski definition) is 1. The fourth-order valence-electron chi connectivity index (χ4n) is 0.974. The maximum Gasteiger partial charge on any atom is 0.362 e. The molecule has 0 aliphatic heterocycles. The molecular weight excluding hydrogens is 227 g/mol. The molecule has 0 amide bonds. The van der Waals surface area contributed by atoms with E-state index in [0.717, 1.165) is 6.07 Å². The number of rotatable bonds is 4. The van der Waals surface area contributed by atoms with E-state index in [1.54, 1.807) is 6.92 Å². The van der Waals surface area contributed by atoms with Crippen molar-refractivity contribution in [1.29, 1.82) is 0 Å². The van der Waals surface area contributed by atoms with Gasteiger partial charge < -0.3 is 9.84 Å². The van der Waals surface area contributed by atoms with Gasteiger partial charge in [-0.15, -0.1) is 5.11 Å². The highest BCUT2D eigenvalue weighted by Gasteiger charge is 2.09. The second-order valence-electron chi connectivity index (χ2n) is 2.91. The normalized spacial score (nSPS) is 11.8. The molecule has 90 valence electrons. The van der Waals surface area contributed by atoms with Crippen LogP contribution >= 0.6 is 0 Å². The summed E-state index contributed by atoms with van der Waals surface area (Å²) in [5, 5.41) is 15.8. The highest BCUT2D eigenvalue weighted by Crippen LogP contribution is 2.15. The van der Waals surface area contributed by atoms with Crippen molar-refractivity contribution >= 4 is 11.7 Å². The maximum absolute atomic E-state index is 12.8. The van der Waals surface area contributed by atoms with Gasteiger partial charge in [-0.2, -0.15) is 5.11 Å². The van der Waals surface area contributed by atoms with Crippen LogP contribution in [0.4, 0.5) is 10.1 Å². The zero-order chi connectivity index (χ0) is 12.7. The molecule has 0 saturated heterocycles. The second kappa shape index (κ2) is 6.37. The minimum atomic E-state index is -0.796. The van der Waals surface area contributed by atoms with Crippen molar-refractivity contribution in [2.24, 2.45) is 10.2 Å². The minimum absolute atomic E-state index is 0.158. The van der Waals surface area contributed by atoms with E-state index in [0.29, 0.717) is 6.26 Å². The number of benzene rings is 1. The molecule has 0 radical (unpaired) electrons. The molecule has 0 atom stereocenters. The molecule has 1 aromatic carbocycles. The second-order valence-corrected chi connectivity index (χ2v) is 2.91. The molecule has 0 saturated carbocycles. The number of aliphatic hydroxyl groups is 1. The van der Waals surface area contributed by atoms with Gasteiger partial charge in [-0.25, -0.2) is 9.18 Å². The Hall–Kier alpha value is -2.24. The van der Waals surface area contributed by atoms with Gasteiger partial charge in [-0.3, -0.25) is 0 Å². The topological polar surface area (TPSA) is 71.2 Å². The number of carbonyl (C=O) groups is 1. The number of carbonyl (C=O) groups excluding carboxylic acids is 1. The van der Waals surface area contributed by atoms with Gasteiger partial charge in [0, 0.05) is 6.07 Å². The van der Waals surface area contributed by atoms with Gasteiger partial charge in [-0.1, -0.05) is 6.07 Å². The summed E-state index contributed by atoms with van der Waals surface area (Å²) >= 11 is 0. The van der Waals surface area contributed by atoms with Gasteiger partial charge in [0.1, 0.15) is 12.1 Å². The molecule has 6 heteroatoms. The fraction of sp³-hybridized carbons (Fsp3) is 0.182. The predicted octanol–water partition coefficient (Wildman–Crippen LogP) is 2.87. The van der Waals surface area contributed by atoms with E-state index < -0.39 is 11.8 Å². The van der Waals surface area contributed by atoms with Crippen LogP contribution in [0.5, 0.6) is 0 Å². The Morgan fingerprint density at radius 2 is 2.35 bits per heavy atom. The first-order chi connectivity index (χ1) is 8.17. The molecule has 1 N–H and O–H groups in total. The summed E-state index contributed by atoms with van der Waals surface area (Å²) in [5.41, 5.74) is -0.121. The number of esters is 1. The van der Waals surface area contributed by atoms with Gasteiger partial charge in [0.25, 0.3) is 0 Å². The highest BCUT2D eigenvalue weighted by molar-refractivity contribution is 5.87. The molecule has 0 unspecified atom stereocenters. The predicted molar refractivity (Wildman–Crippen MR) is 58.3 cm³/mol. The van der Waals surface area contributed by atoms with Gasteiger partial charge in [0.05, 0.1) is 12.3 Å². The monoisotopic (exact) mass is 238 g/mol. The van der Waals surface area contributed by atoms with Crippen LogP contribution in [0, 0.1) is 5.82 Å². The number of halogens is 1. The molecule has 0 aromatic heterocycles. The largest absolute Gasteiger partial charge is 0.513 e. The summed E-state index contributed by atoms with van der Waals surface area (Å²) in [4.78, 5) is 11.2. The lowest BCUT2D eigenvalue weighted by Crippen LogP contribution is -2.05. The summed E-state index contributed by atoms with van der Waals surface area (Å²) in [5.74, 6) is -1.26. The number of nitrogens with zero attached hydrogens (tertiary/aromatic N) is 2. The first-order valence-corrected chi connectivity index (χ1v) is 4.86. The number of ether oxygens (including phenoxy) is 1. The Balaban J connectivity index is 2.79. The Bertz CT molecular complexity index is 458. The lowest BCUT2D eigenvalue weighted by atomic mass is 10.3. The van der Waals surface area contributed by atoms with Crippen LogP contribution in [-0.2, 0) is 9.53 Å². The quantitative estimate of drug-likeness (QED) is 0.379. The molecule has 1 aromatic rings. The molecule has 1 rings (SSSR count). The average Bonchev–Trinajstić information content (AvgIpc) is 2.30. The van der Waals surface area contributed by atoms with E-state index in [1.807, 2.05) is 0 Å². The number of aliphatic hydroxyl groups excluding tert-OH is 1. The molecule has 17 heavy (non-hydrogen) atoms. The van der Waals surface area contributed by atoms with Gasteiger partial charge in [-0.05, 0) is 19.1 Å². The van der Waals surface area contributed by atoms with Crippen molar-refractivity contribution in [2.45, 2.75) is 6.92 Å². The molecule has 0 heterocycles. The summed E-state index contributed by atoms with van der Waals surface area (Å²) < 4.78 is 17.4. The molecule has 5 nitrogen and oxygen atoms in total. The van der Waals surface area contributed by atoms with E-state index in [4.69, 9.17) is 5.11 Å². The Morgan fingerprint density at radius 3 is 2.94 bits per heavy atom. The number of azo groups is 1. The molecule has 0 aliphatic rings. The maximum atomic E-state index is 12.8. The Kier molecular flexibility index (Phi) is 4.80. The first kappa shape index (κ1) is 12.8. The van der Waals surface area contributed by atoms with Gasteiger partial charge in [0.2, 0.25) is 5.70 Å². The van der Waals surface area contributed by atoms with Crippen LogP contribution in [0.3, 0.4) is 0 Å². The van der Waals surface area contributed by atoms with Crippen molar-refractivity contribution in [2.75, 3.05) is 6.61 Å². The minimum Gasteiger partial charge on any atom is -0.513 e. The van der Waals surface area contributed by atoms with Crippen LogP contribution in [-0.4, -0.2) is 17.7 Å². The molecule has 0 aliphatic carbocycles. The lowest BCUT2D eigenvalue weighted by Gasteiger charge is -1.99. The summed E-state index contributed by atoms with van der Waals surface area (Å²) in [6.45, 7) is 1.78. The molecule has 0 bridgehead atoms. The molecular formula is C11H11FN2O3. The zero-order valence-electron chi connectivity index (χ0n) is 9.13. The lowest BCUT2D eigenvalue weighted by molar-refractivity contribution is -0.138. The van der Waals surface area contributed by atoms with Crippen molar-refractivity contribution in [3.05, 3.63) is 42.0 Å². The smallest absolute Gasteiger partial charge is 0.362 e. The number of hydrogen-bond acceptors (Lipinski definition) is 5. The highest BCUT2D eigenvalue weighted by atomic mass is 19.1. The Labute approximate surface area is 97.2 Å². The van der Waals surface area contributed by atoms with E-state index in [2.05, 4.69) is 15.0 Å². The van der Waals surface area contributed by atoms with Gasteiger partial charge in [0.15, 0.2) is 0 Å². The average molecular weight is 238 g/mol. The van der Waals surface area contributed by atoms with Crippen molar-refractivity contribution in [3.8, 4) is 0 Å². The van der Waals surface area contributed by atoms with Crippen molar-refractivity contribution < 1.29 is 19.0 Å². The van der Waals surface area contributed by atoms with E-state index >= 15 is 0 Å². The van der Waals surface area contributed by atoms with E-state index in [1.165, 1.54) is 18.2 Å². The SMILES string of the molecule is CCOC(=O)/C(=C\O)N=Nc1cccc(F)c1. The Morgan fingerprint density at radius 1 is 1.59 bits per heavy atom. The zero-order valence-corrected chi connectivity index (χ0v) is 9.13. The standard InChI is InChI=1S/C11H11FN2O3/c1-2-17-11(16)10(7-15)14-13-9-5-3-4-8(12)6-9/h3-7,15H,2H2,1H3/b10-7+,14-13?. The fourth-order valence-corrected chi connectivity index (χ4v) is 0.974. The third-order valence-electron chi connectivity index (χ3n) is 1.69. The third-order valence-corrected chi connectivity index (χ3v) is 1.69. The van der Waals surface area contributed by atoms with E-state index in [9.17, 15) is 9.18 Å².